The molecule has 3 N–H and O–H groups in total. The Morgan fingerprint density at radius 1 is 1.14 bits per heavy atom. The maximum absolute atomic E-state index is 12.2. The molecule has 1 heterocycles. The Labute approximate surface area is 174 Å². The quantitative estimate of drug-likeness (QED) is 0.357. The van der Waals surface area contributed by atoms with Crippen molar-refractivity contribution in [3.05, 3.63) is 30.0 Å². The van der Waals surface area contributed by atoms with Crippen molar-refractivity contribution in [1.82, 2.24) is 4.98 Å². The highest BCUT2D eigenvalue weighted by Gasteiger charge is 2.29. The normalized spacial score (nSPS) is 13.4. The highest BCUT2D eigenvalue weighted by atomic mass is 16.5. The second-order valence-corrected chi connectivity index (χ2v) is 7.41. The summed E-state index contributed by atoms with van der Waals surface area (Å²) in [5, 5.41) is 0.993. The number of rotatable bonds is 14. The molecule has 0 aliphatic carbocycles. The van der Waals surface area contributed by atoms with Crippen LogP contribution >= 0.6 is 0 Å². The third-order valence-corrected chi connectivity index (χ3v) is 5.19. The minimum Gasteiger partial charge on any atom is -0.494 e. The topological polar surface area (TPSA) is 86.6 Å². The van der Waals surface area contributed by atoms with Crippen LogP contribution in [0.15, 0.2) is 24.4 Å². The Kier molecular flexibility index (Phi) is 10.0. The molecule has 0 fully saturated rings. The first kappa shape index (κ1) is 23.2. The predicted octanol–water partition coefficient (Wildman–Crippen LogP) is 4.53. The summed E-state index contributed by atoms with van der Waals surface area (Å²) in [4.78, 5) is 15.4. The summed E-state index contributed by atoms with van der Waals surface area (Å²) < 4.78 is 16.4. The monoisotopic (exact) mass is 404 g/mol. The molecule has 0 amide bonds. The van der Waals surface area contributed by atoms with Crippen LogP contribution in [0.5, 0.6) is 5.75 Å². The third kappa shape index (κ3) is 6.75. The molecule has 2 rings (SSSR count). The molecule has 0 bridgehead atoms. The molecule has 29 heavy (non-hydrogen) atoms. The molecule has 1 aromatic heterocycles. The summed E-state index contributed by atoms with van der Waals surface area (Å²) in [5.41, 5.74) is 8.12. The second kappa shape index (κ2) is 12.5. The number of aromatic nitrogens is 1. The fourth-order valence-corrected chi connectivity index (χ4v) is 3.56. The van der Waals surface area contributed by atoms with E-state index in [1.54, 1.807) is 14.0 Å². The van der Waals surface area contributed by atoms with Crippen LogP contribution in [0.2, 0.25) is 0 Å². The zero-order valence-electron chi connectivity index (χ0n) is 18.0. The average Bonchev–Trinajstić information content (AvgIpc) is 3.14. The minimum atomic E-state index is -0.790. The third-order valence-electron chi connectivity index (χ3n) is 5.19. The summed E-state index contributed by atoms with van der Waals surface area (Å²) in [7, 11) is 1.61. The lowest BCUT2D eigenvalue weighted by molar-refractivity contribution is -0.145. The molecule has 2 atom stereocenters. The van der Waals surface area contributed by atoms with Gasteiger partial charge in [-0.25, -0.2) is 0 Å². The molecule has 0 aliphatic heterocycles. The van der Waals surface area contributed by atoms with Crippen molar-refractivity contribution in [2.24, 2.45) is 5.73 Å². The predicted molar refractivity (Wildman–Crippen MR) is 116 cm³/mol. The van der Waals surface area contributed by atoms with Gasteiger partial charge in [-0.2, -0.15) is 0 Å². The maximum Gasteiger partial charge on any atom is 0.323 e. The van der Waals surface area contributed by atoms with Crippen LogP contribution in [0.25, 0.3) is 10.9 Å². The summed E-state index contributed by atoms with van der Waals surface area (Å²) >= 11 is 0. The van der Waals surface area contributed by atoms with E-state index < -0.39 is 12.0 Å². The van der Waals surface area contributed by atoms with Gasteiger partial charge in [0, 0.05) is 30.1 Å². The lowest BCUT2D eigenvalue weighted by Gasteiger charge is -2.21. The molecule has 0 aliphatic rings. The molecule has 0 saturated carbocycles. The van der Waals surface area contributed by atoms with Crippen LogP contribution < -0.4 is 10.5 Å². The highest BCUT2D eigenvalue weighted by Crippen LogP contribution is 2.31. The molecule has 162 valence electrons. The van der Waals surface area contributed by atoms with E-state index in [1.165, 1.54) is 32.1 Å². The number of benzene rings is 1. The summed E-state index contributed by atoms with van der Waals surface area (Å²) in [6.45, 7) is 5.34. The van der Waals surface area contributed by atoms with E-state index in [2.05, 4.69) is 11.9 Å². The Morgan fingerprint density at radius 3 is 2.62 bits per heavy atom. The van der Waals surface area contributed by atoms with E-state index in [4.69, 9.17) is 19.9 Å². The van der Waals surface area contributed by atoms with Gasteiger partial charge >= 0.3 is 5.97 Å². The van der Waals surface area contributed by atoms with Crippen LogP contribution in [-0.4, -0.2) is 43.9 Å². The van der Waals surface area contributed by atoms with Gasteiger partial charge in [-0.3, -0.25) is 4.79 Å². The number of hydrogen-bond acceptors (Lipinski definition) is 5. The molecule has 6 heteroatoms. The van der Waals surface area contributed by atoms with Crippen LogP contribution in [0.3, 0.4) is 0 Å². The molecule has 2 unspecified atom stereocenters. The maximum atomic E-state index is 12.2. The molecule has 2 aromatic rings. The Balaban J connectivity index is 2.07. The largest absolute Gasteiger partial charge is 0.494 e. The van der Waals surface area contributed by atoms with Crippen molar-refractivity contribution in [2.75, 3.05) is 26.9 Å². The molecule has 1 aromatic carbocycles. The number of aromatic amines is 1. The van der Waals surface area contributed by atoms with Gasteiger partial charge in [0.15, 0.2) is 0 Å². The first-order chi connectivity index (χ1) is 14.1. The number of unbranched alkanes of at least 4 members (excludes halogenated alkanes) is 5. The molecular weight excluding hydrogens is 368 g/mol. The summed E-state index contributed by atoms with van der Waals surface area (Å²) in [6, 6.07) is 5.19. The number of nitrogens with one attached hydrogen (secondary N) is 1. The van der Waals surface area contributed by atoms with E-state index in [1.807, 2.05) is 24.4 Å². The smallest absolute Gasteiger partial charge is 0.323 e. The van der Waals surface area contributed by atoms with Gasteiger partial charge in [-0.05, 0) is 37.1 Å². The number of fused-ring (bicyclic) bond motifs is 1. The fraction of sp³-hybridized carbons (Fsp3) is 0.609. The van der Waals surface area contributed by atoms with E-state index in [0.29, 0.717) is 19.8 Å². The Morgan fingerprint density at radius 2 is 1.90 bits per heavy atom. The van der Waals surface area contributed by atoms with Gasteiger partial charge in [-0.15, -0.1) is 0 Å². The summed E-state index contributed by atoms with van der Waals surface area (Å²) in [6.07, 6.45) is 9.29. The van der Waals surface area contributed by atoms with Gasteiger partial charge in [0.25, 0.3) is 0 Å². The van der Waals surface area contributed by atoms with Crippen molar-refractivity contribution < 1.29 is 19.0 Å². The molecule has 0 spiro atoms. The highest BCUT2D eigenvalue weighted by molar-refractivity contribution is 5.87. The first-order valence-electron chi connectivity index (χ1n) is 10.8. The van der Waals surface area contributed by atoms with E-state index in [-0.39, 0.29) is 5.92 Å². The van der Waals surface area contributed by atoms with Gasteiger partial charge in [0.1, 0.15) is 11.8 Å². The lowest BCUT2D eigenvalue weighted by Crippen LogP contribution is -2.40. The number of ether oxygens (including phenoxy) is 3. The standard InChI is InChI=1S/C23H36N2O4/c1-4-6-7-8-9-10-13-29-17-11-12-21-18(14-17)19(15-25-21)20(16-27-3)22(24)23(26)28-5-2/h11-12,14-15,20,22,25H,4-10,13,16,24H2,1-3H3. The molecular formula is C23H36N2O4. The Bertz CT molecular complexity index is 744. The number of methoxy groups -OCH3 is 1. The Hall–Kier alpha value is -2.05. The van der Waals surface area contributed by atoms with Gasteiger partial charge in [0.2, 0.25) is 0 Å². The van der Waals surface area contributed by atoms with Gasteiger partial charge in [-0.1, -0.05) is 39.0 Å². The lowest BCUT2D eigenvalue weighted by atomic mass is 9.92. The molecule has 0 radical (unpaired) electrons. The van der Waals surface area contributed by atoms with Crippen molar-refractivity contribution in [2.45, 2.75) is 64.3 Å². The second-order valence-electron chi connectivity index (χ2n) is 7.41. The van der Waals surface area contributed by atoms with E-state index >= 15 is 0 Å². The number of hydrogen-bond donors (Lipinski definition) is 2. The zero-order chi connectivity index (χ0) is 21.1. The fourth-order valence-electron chi connectivity index (χ4n) is 3.56. The molecule has 6 nitrogen and oxygen atoms in total. The summed E-state index contributed by atoms with van der Waals surface area (Å²) in [5.74, 6) is 0.105. The van der Waals surface area contributed by atoms with Crippen molar-refractivity contribution >= 4 is 16.9 Å². The van der Waals surface area contributed by atoms with Crippen LogP contribution in [-0.2, 0) is 14.3 Å². The first-order valence-corrected chi connectivity index (χ1v) is 10.8. The number of esters is 1. The average molecular weight is 405 g/mol. The van der Waals surface area contributed by atoms with E-state index in [0.717, 1.165) is 28.6 Å². The van der Waals surface area contributed by atoms with Crippen molar-refractivity contribution in [1.29, 1.82) is 0 Å². The van der Waals surface area contributed by atoms with E-state index in [9.17, 15) is 4.79 Å². The van der Waals surface area contributed by atoms with Gasteiger partial charge < -0.3 is 24.9 Å². The minimum absolute atomic E-state index is 0.302. The zero-order valence-corrected chi connectivity index (χ0v) is 18.0. The SMILES string of the molecule is CCCCCCCCOc1ccc2[nH]cc(C(COC)C(N)C(=O)OCC)c2c1. The van der Waals surface area contributed by atoms with Crippen molar-refractivity contribution in [3.8, 4) is 5.75 Å². The number of carbonyl (C=O) groups excluding carboxylic acids is 1. The van der Waals surface area contributed by atoms with Crippen LogP contribution in [0.1, 0.15) is 63.9 Å². The number of nitrogens with two attached hydrogens (primary N) is 1. The van der Waals surface area contributed by atoms with Crippen molar-refractivity contribution in [3.63, 3.8) is 0 Å². The van der Waals surface area contributed by atoms with Crippen LogP contribution in [0.4, 0.5) is 0 Å². The number of H-pyrrole nitrogens is 1. The molecule has 0 saturated heterocycles. The van der Waals surface area contributed by atoms with Gasteiger partial charge in [0.05, 0.1) is 19.8 Å². The van der Waals surface area contributed by atoms with Crippen LogP contribution in [0, 0.1) is 0 Å². The number of carbonyl (C=O) groups is 1.